The highest BCUT2D eigenvalue weighted by Gasteiger charge is 2.36. The van der Waals surface area contributed by atoms with E-state index in [-0.39, 0.29) is 17.2 Å². The third-order valence-corrected chi connectivity index (χ3v) is 4.81. The smallest absolute Gasteiger partial charge is 0.259 e. The van der Waals surface area contributed by atoms with Crippen LogP contribution in [0.2, 0.25) is 0 Å². The van der Waals surface area contributed by atoms with Crippen molar-refractivity contribution in [2.24, 2.45) is 0 Å². The third kappa shape index (κ3) is 3.36. The third-order valence-electron chi connectivity index (χ3n) is 4.81. The number of para-hydroxylation sites is 2. The van der Waals surface area contributed by atoms with Crippen molar-refractivity contribution >= 4 is 23.2 Å². The van der Waals surface area contributed by atoms with Gasteiger partial charge in [0.15, 0.2) is 0 Å². The van der Waals surface area contributed by atoms with Gasteiger partial charge in [-0.2, -0.15) is 0 Å². The minimum Gasteiger partial charge on any atom is -0.322 e. The molecule has 0 saturated carbocycles. The van der Waals surface area contributed by atoms with Gasteiger partial charge in [-0.1, -0.05) is 58.4 Å². The molecule has 0 unspecified atom stereocenters. The number of hydrogen-bond acceptors (Lipinski definition) is 2. The van der Waals surface area contributed by atoms with Gasteiger partial charge in [-0.25, -0.2) is 0 Å². The maximum absolute atomic E-state index is 13.3. The van der Waals surface area contributed by atoms with Crippen LogP contribution in [0.15, 0.2) is 48.5 Å². The summed E-state index contributed by atoms with van der Waals surface area (Å²) < 4.78 is 0. The second kappa shape index (κ2) is 6.94. The van der Waals surface area contributed by atoms with Crippen molar-refractivity contribution in [3.05, 3.63) is 59.7 Å². The molecule has 3 rings (SSSR count). The van der Waals surface area contributed by atoms with E-state index >= 15 is 0 Å². The van der Waals surface area contributed by atoms with Crippen molar-refractivity contribution < 1.29 is 9.59 Å². The lowest BCUT2D eigenvalue weighted by molar-refractivity contribution is -0.117. The zero-order valence-electron chi connectivity index (χ0n) is 15.9. The number of amides is 2. The molecule has 1 aliphatic rings. The number of rotatable bonds is 3. The molecule has 2 aromatic carbocycles. The average Bonchev–Trinajstić information content (AvgIpc) is 2.61. The predicted octanol–water partition coefficient (Wildman–Crippen LogP) is 4.75. The van der Waals surface area contributed by atoms with Crippen LogP contribution < -0.4 is 10.2 Å². The largest absolute Gasteiger partial charge is 0.322 e. The van der Waals surface area contributed by atoms with Crippen LogP contribution in [0, 0.1) is 0 Å². The Labute approximate surface area is 155 Å². The van der Waals surface area contributed by atoms with Crippen LogP contribution >= 0.6 is 0 Å². The van der Waals surface area contributed by atoms with Crippen molar-refractivity contribution in [1.29, 1.82) is 0 Å². The average molecular weight is 350 g/mol. The Kier molecular flexibility index (Phi) is 4.86. The molecule has 0 spiro atoms. The first kappa shape index (κ1) is 18.2. The highest BCUT2D eigenvalue weighted by atomic mass is 16.2. The van der Waals surface area contributed by atoms with E-state index in [1.165, 1.54) is 5.56 Å². The Morgan fingerprint density at radius 3 is 2.35 bits per heavy atom. The van der Waals surface area contributed by atoms with Crippen LogP contribution in [0.4, 0.5) is 11.4 Å². The van der Waals surface area contributed by atoms with Gasteiger partial charge in [0.05, 0.1) is 11.4 Å². The quantitative estimate of drug-likeness (QED) is 0.868. The molecule has 2 amide bonds. The van der Waals surface area contributed by atoms with Crippen LogP contribution in [0.25, 0.3) is 0 Å². The molecule has 1 N–H and O–H groups in total. The lowest BCUT2D eigenvalue weighted by atomic mass is 9.86. The maximum Gasteiger partial charge on any atom is 0.259 e. The van der Waals surface area contributed by atoms with Crippen molar-refractivity contribution in [2.75, 3.05) is 10.2 Å². The van der Waals surface area contributed by atoms with Crippen molar-refractivity contribution in [3.8, 4) is 0 Å². The van der Waals surface area contributed by atoms with Gasteiger partial charge < -0.3 is 5.32 Å². The molecule has 0 aliphatic carbocycles. The van der Waals surface area contributed by atoms with E-state index in [4.69, 9.17) is 0 Å². The van der Waals surface area contributed by atoms with Gasteiger partial charge in [-0.05, 0) is 41.7 Å². The van der Waals surface area contributed by atoms with Gasteiger partial charge in [0.1, 0.15) is 6.04 Å². The number of carbonyl (C=O) groups excluding carboxylic acids is 2. The van der Waals surface area contributed by atoms with E-state index < -0.39 is 6.04 Å². The zero-order valence-corrected chi connectivity index (χ0v) is 15.9. The highest BCUT2D eigenvalue weighted by molar-refractivity contribution is 6.16. The Morgan fingerprint density at radius 1 is 1.08 bits per heavy atom. The molecule has 26 heavy (non-hydrogen) atoms. The molecule has 0 bridgehead atoms. The summed E-state index contributed by atoms with van der Waals surface area (Å²) >= 11 is 0. The van der Waals surface area contributed by atoms with Crippen LogP contribution in [0.5, 0.6) is 0 Å². The molecule has 1 heterocycles. The van der Waals surface area contributed by atoms with Crippen LogP contribution in [0.3, 0.4) is 0 Å². The van der Waals surface area contributed by atoms with Gasteiger partial charge in [0.25, 0.3) is 5.91 Å². The standard InChI is InChI=1S/C22H26N2O2/c1-5-8-19-20(25)23-17-9-6-7-10-18(17)24(19)21(26)15-11-13-16(14-12-15)22(2,3)4/h6-7,9-14,19H,5,8H2,1-4H3,(H,23,25)/t19-/m1/s1. The molecule has 1 atom stereocenters. The fraction of sp³-hybridized carbons (Fsp3) is 0.364. The SMILES string of the molecule is CCC[C@@H]1C(=O)Nc2ccccc2N1C(=O)c1ccc(C(C)(C)C)cc1. The van der Waals surface area contributed by atoms with Gasteiger partial charge in [-0.15, -0.1) is 0 Å². The number of hydrogen-bond donors (Lipinski definition) is 1. The van der Waals surface area contributed by atoms with E-state index in [2.05, 4.69) is 26.1 Å². The first-order chi connectivity index (χ1) is 12.3. The Hall–Kier alpha value is -2.62. The van der Waals surface area contributed by atoms with E-state index in [0.717, 1.165) is 12.1 Å². The zero-order chi connectivity index (χ0) is 18.9. The second-order valence-electron chi connectivity index (χ2n) is 7.81. The van der Waals surface area contributed by atoms with Crippen LogP contribution in [0.1, 0.15) is 56.5 Å². The molecule has 1 aliphatic heterocycles. The topological polar surface area (TPSA) is 49.4 Å². The molecule has 136 valence electrons. The maximum atomic E-state index is 13.3. The number of nitrogens with one attached hydrogen (secondary N) is 1. The number of fused-ring (bicyclic) bond motifs is 1. The lowest BCUT2D eigenvalue weighted by Crippen LogP contribution is -2.51. The highest BCUT2D eigenvalue weighted by Crippen LogP contribution is 2.34. The summed E-state index contributed by atoms with van der Waals surface area (Å²) in [5.41, 5.74) is 3.25. The van der Waals surface area contributed by atoms with E-state index in [9.17, 15) is 9.59 Å². The first-order valence-corrected chi connectivity index (χ1v) is 9.17. The van der Waals surface area contributed by atoms with Crippen molar-refractivity contribution in [2.45, 2.75) is 52.0 Å². The summed E-state index contributed by atoms with van der Waals surface area (Å²) in [6, 6.07) is 14.7. The van der Waals surface area contributed by atoms with Crippen LogP contribution in [-0.2, 0) is 10.2 Å². The van der Waals surface area contributed by atoms with Gasteiger partial charge in [-0.3, -0.25) is 14.5 Å². The number of anilines is 2. The second-order valence-corrected chi connectivity index (χ2v) is 7.81. The minimum absolute atomic E-state index is 0.0317. The summed E-state index contributed by atoms with van der Waals surface area (Å²) in [5.74, 6) is -0.253. The van der Waals surface area contributed by atoms with E-state index in [0.29, 0.717) is 17.7 Å². The molecular weight excluding hydrogens is 324 g/mol. The van der Waals surface area contributed by atoms with E-state index in [1.807, 2.05) is 55.5 Å². The lowest BCUT2D eigenvalue weighted by Gasteiger charge is -2.36. The van der Waals surface area contributed by atoms with E-state index in [1.54, 1.807) is 4.90 Å². The van der Waals surface area contributed by atoms with Crippen molar-refractivity contribution in [3.63, 3.8) is 0 Å². The van der Waals surface area contributed by atoms with Crippen LogP contribution in [-0.4, -0.2) is 17.9 Å². The monoisotopic (exact) mass is 350 g/mol. The Bertz CT molecular complexity index is 819. The Balaban J connectivity index is 2.01. The minimum atomic E-state index is -0.482. The summed E-state index contributed by atoms with van der Waals surface area (Å²) in [6.45, 7) is 8.46. The summed E-state index contributed by atoms with van der Waals surface area (Å²) in [7, 11) is 0. The molecule has 4 heteroatoms. The first-order valence-electron chi connectivity index (χ1n) is 9.17. The number of nitrogens with zero attached hydrogens (tertiary/aromatic N) is 1. The number of benzene rings is 2. The predicted molar refractivity (Wildman–Crippen MR) is 106 cm³/mol. The summed E-state index contributed by atoms with van der Waals surface area (Å²) in [4.78, 5) is 27.5. The molecule has 0 radical (unpaired) electrons. The number of carbonyl (C=O) groups is 2. The fourth-order valence-electron chi connectivity index (χ4n) is 3.33. The molecule has 4 nitrogen and oxygen atoms in total. The molecule has 2 aromatic rings. The molecular formula is C22H26N2O2. The summed E-state index contributed by atoms with van der Waals surface area (Å²) in [5, 5.41) is 2.93. The fourth-order valence-corrected chi connectivity index (χ4v) is 3.33. The van der Waals surface area contributed by atoms with Gasteiger partial charge in [0, 0.05) is 5.56 Å². The summed E-state index contributed by atoms with van der Waals surface area (Å²) in [6.07, 6.45) is 1.46. The molecule has 0 fully saturated rings. The molecule has 0 saturated heterocycles. The van der Waals surface area contributed by atoms with Gasteiger partial charge in [0.2, 0.25) is 5.91 Å². The Morgan fingerprint density at radius 2 is 1.73 bits per heavy atom. The normalized spacial score (nSPS) is 16.8. The van der Waals surface area contributed by atoms with Crippen molar-refractivity contribution in [1.82, 2.24) is 0 Å². The molecule has 0 aromatic heterocycles. The van der Waals surface area contributed by atoms with Gasteiger partial charge >= 0.3 is 0 Å².